The van der Waals surface area contributed by atoms with Crippen molar-refractivity contribution in [3.05, 3.63) is 41.8 Å². The number of benzene rings is 1. The van der Waals surface area contributed by atoms with Gasteiger partial charge in [0, 0.05) is 5.41 Å². The minimum atomic E-state index is -3.52. The number of alkyl carbamates (subject to hydrolysis) is 1. The maximum atomic E-state index is 12.3. The van der Waals surface area contributed by atoms with E-state index in [1.807, 2.05) is 6.92 Å². The molecule has 5 nitrogen and oxygen atoms in total. The lowest BCUT2D eigenvalue weighted by atomic mass is 10.1. The van der Waals surface area contributed by atoms with E-state index >= 15 is 0 Å². The van der Waals surface area contributed by atoms with Crippen molar-refractivity contribution in [3.8, 4) is 0 Å². The third kappa shape index (κ3) is 7.64. The summed E-state index contributed by atoms with van der Waals surface area (Å²) >= 11 is 0. The van der Waals surface area contributed by atoms with Crippen LogP contribution < -0.4 is 5.32 Å². The second kappa shape index (κ2) is 8.87. The Labute approximate surface area is 145 Å². The first-order valence-corrected chi connectivity index (χ1v) is 9.66. The van der Waals surface area contributed by atoms with E-state index in [0.717, 1.165) is 18.2 Å². The number of unbranched alkanes of at least 4 members (excludes halogenated alkanes) is 1. The Morgan fingerprint density at radius 2 is 1.88 bits per heavy atom. The Hall–Kier alpha value is -1.82. The highest BCUT2D eigenvalue weighted by Gasteiger charge is 2.19. The van der Waals surface area contributed by atoms with E-state index in [1.165, 1.54) is 6.08 Å². The van der Waals surface area contributed by atoms with Crippen LogP contribution in [0, 0.1) is 0 Å². The lowest BCUT2D eigenvalue weighted by Crippen LogP contribution is -2.38. The van der Waals surface area contributed by atoms with Gasteiger partial charge in [0.1, 0.15) is 5.60 Å². The number of carbonyl (C=O) groups is 1. The molecule has 0 saturated carbocycles. The van der Waals surface area contributed by atoms with Crippen LogP contribution in [0.4, 0.5) is 4.79 Å². The maximum Gasteiger partial charge on any atom is 0.408 e. The van der Waals surface area contributed by atoms with Gasteiger partial charge in [0.15, 0.2) is 9.84 Å². The SMILES string of the molecule is CCCC[C@@H](/C=C/S(=O)(=O)c1ccccc1)NC(=O)OC(C)(C)C. The first-order chi connectivity index (χ1) is 11.1. The van der Waals surface area contributed by atoms with Gasteiger partial charge in [-0.05, 0) is 39.3 Å². The van der Waals surface area contributed by atoms with Gasteiger partial charge in [-0.1, -0.05) is 44.0 Å². The molecule has 0 saturated heterocycles. The van der Waals surface area contributed by atoms with Gasteiger partial charge in [-0.25, -0.2) is 13.2 Å². The fourth-order valence-electron chi connectivity index (χ4n) is 1.99. The normalized spacial score (nSPS) is 13.7. The van der Waals surface area contributed by atoms with Crippen LogP contribution in [0.5, 0.6) is 0 Å². The van der Waals surface area contributed by atoms with Crippen LogP contribution in [-0.2, 0) is 14.6 Å². The molecule has 0 aromatic heterocycles. The molecule has 0 radical (unpaired) electrons. The van der Waals surface area contributed by atoms with E-state index in [2.05, 4.69) is 5.32 Å². The zero-order chi connectivity index (χ0) is 18.2. The van der Waals surface area contributed by atoms with Gasteiger partial charge < -0.3 is 10.1 Å². The summed E-state index contributed by atoms with van der Waals surface area (Å²) in [5.41, 5.74) is -0.598. The number of sulfone groups is 1. The number of ether oxygens (including phenoxy) is 1. The van der Waals surface area contributed by atoms with Crippen LogP contribution in [0.25, 0.3) is 0 Å². The predicted molar refractivity (Wildman–Crippen MR) is 95.5 cm³/mol. The summed E-state index contributed by atoms with van der Waals surface area (Å²) in [4.78, 5) is 12.1. The van der Waals surface area contributed by atoms with Crippen LogP contribution >= 0.6 is 0 Å². The molecule has 1 rings (SSSR count). The minimum Gasteiger partial charge on any atom is -0.444 e. The zero-order valence-corrected chi connectivity index (χ0v) is 15.6. The van der Waals surface area contributed by atoms with Crippen molar-refractivity contribution >= 4 is 15.9 Å². The lowest BCUT2D eigenvalue weighted by Gasteiger charge is -2.22. The molecule has 134 valence electrons. The molecule has 0 aliphatic rings. The molecule has 1 N–H and O–H groups in total. The largest absolute Gasteiger partial charge is 0.444 e. The van der Waals surface area contributed by atoms with E-state index in [0.29, 0.717) is 6.42 Å². The number of hydrogen-bond donors (Lipinski definition) is 1. The molecule has 0 spiro atoms. The monoisotopic (exact) mass is 353 g/mol. The summed E-state index contributed by atoms with van der Waals surface area (Å²) in [6.45, 7) is 7.38. The number of hydrogen-bond acceptors (Lipinski definition) is 4. The highest BCUT2D eigenvalue weighted by Crippen LogP contribution is 2.13. The van der Waals surface area contributed by atoms with Crippen LogP contribution in [0.2, 0.25) is 0 Å². The molecule has 0 heterocycles. The number of nitrogens with one attached hydrogen (secondary N) is 1. The van der Waals surface area contributed by atoms with Gasteiger partial charge in [-0.3, -0.25) is 0 Å². The molecule has 0 fully saturated rings. The summed E-state index contributed by atoms with van der Waals surface area (Å²) < 4.78 is 29.8. The first-order valence-electron chi connectivity index (χ1n) is 8.12. The van der Waals surface area contributed by atoms with Crippen molar-refractivity contribution < 1.29 is 17.9 Å². The molecular weight excluding hydrogens is 326 g/mol. The Balaban J connectivity index is 2.83. The van der Waals surface area contributed by atoms with E-state index in [1.54, 1.807) is 51.1 Å². The van der Waals surface area contributed by atoms with Crippen LogP contribution in [0.3, 0.4) is 0 Å². The third-order valence-electron chi connectivity index (χ3n) is 3.13. The van der Waals surface area contributed by atoms with E-state index < -0.39 is 27.6 Å². The molecule has 0 unspecified atom stereocenters. The summed E-state index contributed by atoms with van der Waals surface area (Å²) in [5, 5.41) is 3.87. The molecule has 1 aromatic carbocycles. The summed E-state index contributed by atoms with van der Waals surface area (Å²) in [6.07, 6.45) is 3.44. The van der Waals surface area contributed by atoms with Crippen molar-refractivity contribution in [2.75, 3.05) is 0 Å². The second-order valence-electron chi connectivity index (χ2n) is 6.58. The zero-order valence-electron chi connectivity index (χ0n) is 14.8. The van der Waals surface area contributed by atoms with Gasteiger partial charge in [-0.2, -0.15) is 0 Å². The van der Waals surface area contributed by atoms with Crippen LogP contribution in [0.1, 0.15) is 47.0 Å². The Bertz CT molecular complexity index is 645. The Morgan fingerprint density at radius 3 is 2.42 bits per heavy atom. The number of amides is 1. The highest BCUT2D eigenvalue weighted by atomic mass is 32.2. The molecule has 24 heavy (non-hydrogen) atoms. The van der Waals surface area contributed by atoms with E-state index in [9.17, 15) is 13.2 Å². The third-order valence-corrected chi connectivity index (χ3v) is 4.58. The van der Waals surface area contributed by atoms with Crippen molar-refractivity contribution in [2.24, 2.45) is 0 Å². The van der Waals surface area contributed by atoms with Crippen LogP contribution in [0.15, 0.2) is 46.7 Å². The van der Waals surface area contributed by atoms with Gasteiger partial charge in [0.25, 0.3) is 0 Å². The molecule has 6 heteroatoms. The summed E-state index contributed by atoms with van der Waals surface area (Å²) in [6, 6.07) is 7.81. The quantitative estimate of drug-likeness (QED) is 0.802. The molecule has 0 aliphatic carbocycles. The second-order valence-corrected chi connectivity index (χ2v) is 8.42. The van der Waals surface area contributed by atoms with Crippen molar-refractivity contribution in [3.63, 3.8) is 0 Å². The van der Waals surface area contributed by atoms with Crippen molar-refractivity contribution in [2.45, 2.75) is 63.5 Å². The topological polar surface area (TPSA) is 72.5 Å². The molecule has 1 atom stereocenters. The molecule has 0 aliphatic heterocycles. The Morgan fingerprint density at radius 1 is 1.25 bits per heavy atom. The number of rotatable bonds is 7. The van der Waals surface area contributed by atoms with Crippen molar-refractivity contribution in [1.82, 2.24) is 5.32 Å². The molecule has 1 aromatic rings. The first kappa shape index (κ1) is 20.2. The van der Waals surface area contributed by atoms with Gasteiger partial charge in [0.2, 0.25) is 0 Å². The molecule has 1 amide bonds. The standard InChI is InChI=1S/C18H27NO4S/c1-5-6-10-15(19-17(20)23-18(2,3)4)13-14-24(21,22)16-11-8-7-9-12-16/h7-9,11-15H,5-6,10H2,1-4H3,(H,19,20)/b14-13+/t15-/m0/s1. The number of carbonyl (C=O) groups excluding carboxylic acids is 1. The summed E-state index contributed by atoms with van der Waals surface area (Å²) in [7, 11) is -3.52. The van der Waals surface area contributed by atoms with Gasteiger partial charge >= 0.3 is 6.09 Å². The Kier molecular flexibility index (Phi) is 7.48. The van der Waals surface area contributed by atoms with Crippen LogP contribution in [-0.4, -0.2) is 26.2 Å². The van der Waals surface area contributed by atoms with Crippen molar-refractivity contribution in [1.29, 1.82) is 0 Å². The average molecular weight is 353 g/mol. The minimum absolute atomic E-state index is 0.229. The summed E-state index contributed by atoms with van der Waals surface area (Å²) in [5.74, 6) is 0. The lowest BCUT2D eigenvalue weighted by molar-refractivity contribution is 0.0512. The van der Waals surface area contributed by atoms with Gasteiger partial charge in [-0.15, -0.1) is 0 Å². The molecular formula is C18H27NO4S. The smallest absolute Gasteiger partial charge is 0.408 e. The van der Waals surface area contributed by atoms with E-state index in [4.69, 9.17) is 4.74 Å². The fraction of sp³-hybridized carbons (Fsp3) is 0.500. The molecule has 0 bridgehead atoms. The van der Waals surface area contributed by atoms with Gasteiger partial charge in [0.05, 0.1) is 10.9 Å². The predicted octanol–water partition coefficient (Wildman–Crippen LogP) is 4.06. The highest BCUT2D eigenvalue weighted by molar-refractivity contribution is 7.94. The average Bonchev–Trinajstić information content (AvgIpc) is 2.49. The fourth-order valence-corrected chi connectivity index (χ4v) is 3.08. The maximum absolute atomic E-state index is 12.3. The van der Waals surface area contributed by atoms with E-state index in [-0.39, 0.29) is 4.90 Å².